The number of hydrogen-bond acceptors (Lipinski definition) is 3. The van der Waals surface area contributed by atoms with Crippen molar-refractivity contribution < 1.29 is 9.90 Å². The van der Waals surface area contributed by atoms with E-state index < -0.39 is 0 Å². The van der Waals surface area contributed by atoms with E-state index in [2.05, 4.69) is 10.3 Å². The Hall–Kier alpha value is -2.07. The summed E-state index contributed by atoms with van der Waals surface area (Å²) in [5, 5.41) is 12.8. The summed E-state index contributed by atoms with van der Waals surface area (Å²) in [6.07, 6.45) is 2.39. The molecule has 1 amide bonds. The predicted octanol–water partition coefficient (Wildman–Crippen LogP) is 3.32. The van der Waals surface area contributed by atoms with Crippen LogP contribution in [0.5, 0.6) is 5.75 Å². The van der Waals surface area contributed by atoms with Crippen LogP contribution in [-0.4, -0.2) is 16.0 Å². The second-order valence-electron chi connectivity index (χ2n) is 4.50. The Bertz CT molecular complexity index is 629. The van der Waals surface area contributed by atoms with Crippen molar-refractivity contribution in [2.75, 3.05) is 5.32 Å². The molecule has 20 heavy (non-hydrogen) atoms. The average Bonchev–Trinajstić information content (AvgIpc) is 2.43. The number of aromatic nitrogens is 1. The van der Waals surface area contributed by atoms with Gasteiger partial charge in [-0.05, 0) is 42.7 Å². The molecular weight excluding hydrogens is 276 g/mol. The van der Waals surface area contributed by atoms with Crippen LogP contribution >= 0.6 is 11.6 Å². The average molecular weight is 291 g/mol. The topological polar surface area (TPSA) is 62.2 Å². The predicted molar refractivity (Wildman–Crippen MR) is 79.0 cm³/mol. The molecular formula is C15H15ClN2O2. The van der Waals surface area contributed by atoms with E-state index >= 15 is 0 Å². The zero-order chi connectivity index (χ0) is 14.5. The maximum atomic E-state index is 11.8. The highest BCUT2D eigenvalue weighted by Gasteiger charge is 2.07. The highest BCUT2D eigenvalue weighted by molar-refractivity contribution is 6.31. The molecule has 4 nitrogen and oxygen atoms in total. The molecule has 0 spiro atoms. The lowest BCUT2D eigenvalue weighted by atomic mass is 10.1. The van der Waals surface area contributed by atoms with Crippen LogP contribution < -0.4 is 5.32 Å². The zero-order valence-electron chi connectivity index (χ0n) is 11.1. The number of aromatic hydroxyl groups is 1. The summed E-state index contributed by atoms with van der Waals surface area (Å²) in [5.74, 6) is -0.0608. The van der Waals surface area contributed by atoms with Gasteiger partial charge in [-0.2, -0.15) is 0 Å². The molecule has 0 radical (unpaired) electrons. The van der Waals surface area contributed by atoms with E-state index in [9.17, 15) is 9.90 Å². The van der Waals surface area contributed by atoms with Crippen molar-refractivity contribution >= 4 is 23.3 Å². The summed E-state index contributed by atoms with van der Waals surface area (Å²) in [6, 6.07) is 8.82. The largest absolute Gasteiger partial charge is 0.504 e. The summed E-state index contributed by atoms with van der Waals surface area (Å²) in [4.78, 5) is 15.7. The van der Waals surface area contributed by atoms with Crippen molar-refractivity contribution in [1.29, 1.82) is 0 Å². The number of carbonyl (C=O) groups is 1. The molecule has 1 aromatic carbocycles. The van der Waals surface area contributed by atoms with E-state index in [0.29, 0.717) is 17.9 Å². The standard InChI is InChI=1S/C15H15ClN2O2/c1-10-4-5-11(9-12(10)16)6-7-14(20)18-15-13(19)3-2-8-17-15/h2-5,8-9,19H,6-7H2,1H3,(H,17,18,20). The Labute approximate surface area is 122 Å². The fraction of sp³-hybridized carbons (Fsp3) is 0.200. The minimum Gasteiger partial charge on any atom is -0.504 e. The number of aryl methyl sites for hydroxylation is 2. The smallest absolute Gasteiger partial charge is 0.225 e. The fourth-order valence-electron chi connectivity index (χ4n) is 1.74. The van der Waals surface area contributed by atoms with Crippen LogP contribution in [0.4, 0.5) is 5.82 Å². The number of carbonyl (C=O) groups excluding carboxylic acids is 1. The maximum Gasteiger partial charge on any atom is 0.225 e. The van der Waals surface area contributed by atoms with Crippen LogP contribution in [-0.2, 0) is 11.2 Å². The number of halogens is 1. The van der Waals surface area contributed by atoms with Gasteiger partial charge in [0.05, 0.1) is 0 Å². The molecule has 1 aromatic heterocycles. The molecule has 0 bridgehead atoms. The van der Waals surface area contributed by atoms with Crippen molar-refractivity contribution in [1.82, 2.24) is 4.98 Å². The van der Waals surface area contributed by atoms with E-state index in [0.717, 1.165) is 11.1 Å². The third-order valence-electron chi connectivity index (χ3n) is 2.92. The number of nitrogens with zero attached hydrogens (tertiary/aromatic N) is 1. The van der Waals surface area contributed by atoms with Crippen LogP contribution in [0.2, 0.25) is 5.02 Å². The number of rotatable bonds is 4. The van der Waals surface area contributed by atoms with Crippen LogP contribution in [0.25, 0.3) is 0 Å². The van der Waals surface area contributed by atoms with Crippen LogP contribution in [0.1, 0.15) is 17.5 Å². The molecule has 0 aliphatic carbocycles. The third kappa shape index (κ3) is 3.71. The first-order valence-electron chi connectivity index (χ1n) is 6.25. The van der Waals surface area contributed by atoms with Gasteiger partial charge in [-0.15, -0.1) is 0 Å². The number of anilines is 1. The first-order valence-corrected chi connectivity index (χ1v) is 6.63. The van der Waals surface area contributed by atoms with Gasteiger partial charge >= 0.3 is 0 Å². The van der Waals surface area contributed by atoms with Crippen molar-refractivity contribution in [2.24, 2.45) is 0 Å². The van der Waals surface area contributed by atoms with Gasteiger partial charge in [0.2, 0.25) is 5.91 Å². The Morgan fingerprint density at radius 2 is 2.20 bits per heavy atom. The number of benzene rings is 1. The zero-order valence-corrected chi connectivity index (χ0v) is 11.8. The van der Waals surface area contributed by atoms with Gasteiger partial charge in [0.15, 0.2) is 11.6 Å². The summed E-state index contributed by atoms with van der Waals surface area (Å²) < 4.78 is 0. The molecule has 0 fully saturated rings. The Morgan fingerprint density at radius 3 is 2.90 bits per heavy atom. The highest BCUT2D eigenvalue weighted by Crippen LogP contribution is 2.20. The molecule has 1 heterocycles. The first kappa shape index (κ1) is 14.3. The van der Waals surface area contributed by atoms with Gasteiger partial charge < -0.3 is 10.4 Å². The lowest BCUT2D eigenvalue weighted by Crippen LogP contribution is -2.13. The lowest BCUT2D eigenvalue weighted by molar-refractivity contribution is -0.116. The fourth-order valence-corrected chi connectivity index (χ4v) is 1.94. The van der Waals surface area contributed by atoms with Crippen molar-refractivity contribution in [3.8, 4) is 5.75 Å². The number of amides is 1. The molecule has 2 N–H and O–H groups in total. The Morgan fingerprint density at radius 1 is 1.40 bits per heavy atom. The van der Waals surface area contributed by atoms with Crippen LogP contribution in [0.3, 0.4) is 0 Å². The molecule has 0 aliphatic heterocycles. The molecule has 2 rings (SSSR count). The van der Waals surface area contributed by atoms with E-state index in [1.807, 2.05) is 25.1 Å². The highest BCUT2D eigenvalue weighted by atomic mass is 35.5. The lowest BCUT2D eigenvalue weighted by Gasteiger charge is -2.06. The molecule has 5 heteroatoms. The second kappa shape index (κ2) is 6.39. The van der Waals surface area contributed by atoms with Gasteiger partial charge in [-0.3, -0.25) is 4.79 Å². The van der Waals surface area contributed by atoms with E-state index in [-0.39, 0.29) is 17.5 Å². The third-order valence-corrected chi connectivity index (χ3v) is 3.33. The van der Waals surface area contributed by atoms with Gasteiger partial charge in [0, 0.05) is 17.6 Å². The van der Waals surface area contributed by atoms with E-state index in [1.54, 1.807) is 6.07 Å². The Kier molecular flexibility index (Phi) is 4.58. The SMILES string of the molecule is Cc1ccc(CCC(=O)Nc2ncccc2O)cc1Cl. The molecule has 104 valence electrons. The minimum absolute atomic E-state index is 0.0424. The summed E-state index contributed by atoms with van der Waals surface area (Å²) in [5.41, 5.74) is 2.01. The minimum atomic E-state index is -0.198. The Balaban J connectivity index is 1.92. The van der Waals surface area contributed by atoms with Crippen LogP contribution in [0, 0.1) is 6.92 Å². The quantitative estimate of drug-likeness (QED) is 0.908. The van der Waals surface area contributed by atoms with Gasteiger partial charge in [-0.1, -0.05) is 23.7 Å². The van der Waals surface area contributed by atoms with Crippen molar-refractivity contribution in [3.63, 3.8) is 0 Å². The maximum absolute atomic E-state index is 11.8. The van der Waals surface area contributed by atoms with E-state index in [1.165, 1.54) is 12.3 Å². The van der Waals surface area contributed by atoms with Crippen LogP contribution in [0.15, 0.2) is 36.5 Å². The summed E-state index contributed by atoms with van der Waals surface area (Å²) in [6.45, 7) is 1.93. The van der Waals surface area contributed by atoms with Crippen molar-refractivity contribution in [3.05, 3.63) is 52.7 Å². The molecule has 2 aromatic rings. The summed E-state index contributed by atoms with van der Waals surface area (Å²) >= 11 is 6.04. The number of hydrogen-bond donors (Lipinski definition) is 2. The molecule has 0 saturated heterocycles. The molecule has 0 unspecified atom stereocenters. The molecule has 0 aliphatic rings. The van der Waals surface area contributed by atoms with Gasteiger partial charge in [0.25, 0.3) is 0 Å². The normalized spacial score (nSPS) is 10.3. The second-order valence-corrected chi connectivity index (χ2v) is 4.91. The van der Waals surface area contributed by atoms with Gasteiger partial charge in [-0.25, -0.2) is 4.98 Å². The molecule has 0 saturated carbocycles. The van der Waals surface area contributed by atoms with Gasteiger partial charge in [0.1, 0.15) is 0 Å². The first-order chi connectivity index (χ1) is 9.56. The van der Waals surface area contributed by atoms with Crippen molar-refractivity contribution in [2.45, 2.75) is 19.8 Å². The monoisotopic (exact) mass is 290 g/mol. The molecule has 0 atom stereocenters. The summed E-state index contributed by atoms with van der Waals surface area (Å²) in [7, 11) is 0. The number of nitrogens with one attached hydrogen (secondary N) is 1. The van der Waals surface area contributed by atoms with E-state index in [4.69, 9.17) is 11.6 Å². The number of pyridine rings is 1.